The molecular formula is C14H21NO3S. The summed E-state index contributed by atoms with van der Waals surface area (Å²) in [6.45, 7) is 5.76. The van der Waals surface area contributed by atoms with Crippen LogP contribution in [0.1, 0.15) is 45.0 Å². The van der Waals surface area contributed by atoms with Crippen LogP contribution in [0.25, 0.3) is 0 Å². The highest BCUT2D eigenvalue weighted by Crippen LogP contribution is 2.49. The van der Waals surface area contributed by atoms with Crippen molar-refractivity contribution >= 4 is 17.3 Å². The molecule has 5 heteroatoms. The maximum absolute atomic E-state index is 11.3. The summed E-state index contributed by atoms with van der Waals surface area (Å²) in [7, 11) is 0. The second kappa shape index (κ2) is 4.87. The normalized spacial score (nSPS) is 29.7. The molecule has 0 spiro atoms. The van der Waals surface area contributed by atoms with Gasteiger partial charge in [0, 0.05) is 11.6 Å². The second-order valence-electron chi connectivity index (χ2n) is 6.34. The molecule has 0 bridgehead atoms. The fourth-order valence-electron chi connectivity index (χ4n) is 3.22. The van der Waals surface area contributed by atoms with Gasteiger partial charge < -0.3 is 10.2 Å². The van der Waals surface area contributed by atoms with E-state index in [1.165, 1.54) is 11.3 Å². The molecule has 1 heterocycles. The maximum atomic E-state index is 11.3. The van der Waals surface area contributed by atoms with Crippen molar-refractivity contribution in [2.75, 3.05) is 0 Å². The number of rotatable bonds is 3. The summed E-state index contributed by atoms with van der Waals surface area (Å²) >= 11 is 1.45. The minimum absolute atomic E-state index is 0.0595. The number of aliphatic carboxylic acids is 1. The van der Waals surface area contributed by atoms with Crippen molar-refractivity contribution in [2.45, 2.75) is 45.6 Å². The molecule has 0 radical (unpaired) electrons. The van der Waals surface area contributed by atoms with Crippen LogP contribution in [-0.4, -0.2) is 21.2 Å². The smallest absolute Gasteiger partial charge is 0.307 e. The van der Waals surface area contributed by atoms with Gasteiger partial charge in [0.25, 0.3) is 0 Å². The average molecular weight is 283 g/mol. The molecular weight excluding hydrogens is 262 g/mol. The first-order chi connectivity index (χ1) is 8.75. The topological polar surface area (TPSA) is 70.4 Å². The van der Waals surface area contributed by atoms with Crippen molar-refractivity contribution in [3.63, 3.8) is 0 Å². The Morgan fingerprint density at radius 3 is 2.68 bits per heavy atom. The lowest BCUT2D eigenvalue weighted by Gasteiger charge is -2.44. The Labute approximate surface area is 117 Å². The lowest BCUT2D eigenvalue weighted by Crippen LogP contribution is -2.43. The molecule has 0 aromatic carbocycles. The van der Waals surface area contributed by atoms with Crippen LogP contribution in [-0.2, 0) is 10.4 Å². The Bertz CT molecular complexity index is 453. The zero-order chi connectivity index (χ0) is 14.3. The summed E-state index contributed by atoms with van der Waals surface area (Å²) in [5.41, 5.74) is -1.26. The third-order valence-corrected chi connectivity index (χ3v) is 5.48. The summed E-state index contributed by atoms with van der Waals surface area (Å²) in [6.07, 6.45) is 3.75. The number of aromatic nitrogens is 1. The van der Waals surface area contributed by atoms with Crippen molar-refractivity contribution in [2.24, 2.45) is 17.3 Å². The van der Waals surface area contributed by atoms with Gasteiger partial charge in [0.1, 0.15) is 10.6 Å². The summed E-state index contributed by atoms with van der Waals surface area (Å²) in [5, 5.41) is 22.6. The number of nitrogens with zero attached hydrogens (tertiary/aromatic N) is 1. The molecule has 0 amide bonds. The molecule has 4 nitrogen and oxygen atoms in total. The van der Waals surface area contributed by atoms with Gasteiger partial charge in [0.2, 0.25) is 0 Å². The van der Waals surface area contributed by atoms with E-state index in [-0.39, 0.29) is 17.3 Å². The number of hydrogen-bond donors (Lipinski definition) is 2. The van der Waals surface area contributed by atoms with Crippen molar-refractivity contribution in [1.82, 2.24) is 4.98 Å². The number of carboxylic acids is 1. The van der Waals surface area contributed by atoms with Crippen molar-refractivity contribution < 1.29 is 15.0 Å². The molecule has 1 fully saturated rings. The first-order valence-electron chi connectivity index (χ1n) is 6.60. The SMILES string of the molecule is CC1(C)C[C@H]([C@@](C)(O)c2nccs2)CC[C@@H]1C(=O)O. The quantitative estimate of drug-likeness (QED) is 0.895. The fourth-order valence-corrected chi connectivity index (χ4v) is 4.00. The zero-order valence-corrected chi connectivity index (χ0v) is 12.4. The van der Waals surface area contributed by atoms with Crippen LogP contribution in [0.2, 0.25) is 0 Å². The molecule has 2 rings (SSSR count). The predicted molar refractivity (Wildman–Crippen MR) is 73.9 cm³/mol. The molecule has 19 heavy (non-hydrogen) atoms. The van der Waals surface area contributed by atoms with Crippen LogP contribution in [0.4, 0.5) is 0 Å². The molecule has 0 unspecified atom stereocenters. The Morgan fingerprint density at radius 1 is 1.53 bits per heavy atom. The molecule has 1 aromatic rings. The van der Waals surface area contributed by atoms with E-state index in [4.69, 9.17) is 0 Å². The van der Waals surface area contributed by atoms with Gasteiger partial charge in [0.15, 0.2) is 0 Å². The largest absolute Gasteiger partial charge is 0.481 e. The number of thiazole rings is 1. The number of carboxylic acid groups (broad SMARTS) is 1. The van der Waals surface area contributed by atoms with Gasteiger partial charge in [-0.1, -0.05) is 13.8 Å². The Hall–Kier alpha value is -0.940. The Balaban J connectivity index is 2.19. The molecule has 1 aromatic heterocycles. The molecule has 3 atom stereocenters. The lowest BCUT2D eigenvalue weighted by atomic mass is 9.62. The third-order valence-electron chi connectivity index (χ3n) is 4.48. The molecule has 0 aliphatic heterocycles. The van der Waals surface area contributed by atoms with E-state index < -0.39 is 11.6 Å². The Kier molecular flexibility index (Phi) is 3.71. The standard InChI is InChI=1S/C14H21NO3S/c1-13(2)8-9(4-5-10(13)11(16)17)14(3,18)12-15-6-7-19-12/h6-7,9-10,18H,4-5,8H2,1-3H3,(H,16,17)/t9-,10-,14-/m1/s1. The van der Waals surface area contributed by atoms with E-state index in [0.29, 0.717) is 12.8 Å². The van der Waals surface area contributed by atoms with Gasteiger partial charge >= 0.3 is 5.97 Å². The van der Waals surface area contributed by atoms with Crippen molar-refractivity contribution in [3.05, 3.63) is 16.6 Å². The van der Waals surface area contributed by atoms with Gasteiger partial charge in [-0.05, 0) is 37.5 Å². The van der Waals surface area contributed by atoms with Gasteiger partial charge in [-0.25, -0.2) is 4.98 Å². The number of hydrogen-bond acceptors (Lipinski definition) is 4. The highest BCUT2D eigenvalue weighted by molar-refractivity contribution is 7.09. The van der Waals surface area contributed by atoms with Crippen LogP contribution in [0.3, 0.4) is 0 Å². The highest BCUT2D eigenvalue weighted by Gasteiger charge is 2.47. The van der Waals surface area contributed by atoms with Gasteiger partial charge in [-0.2, -0.15) is 0 Å². The number of carbonyl (C=O) groups is 1. The first kappa shape index (κ1) is 14.5. The molecule has 1 aliphatic rings. The summed E-state index contributed by atoms with van der Waals surface area (Å²) in [4.78, 5) is 15.5. The van der Waals surface area contributed by atoms with Gasteiger partial charge in [0.05, 0.1) is 5.92 Å². The maximum Gasteiger partial charge on any atom is 0.307 e. The van der Waals surface area contributed by atoms with Gasteiger partial charge in [-0.3, -0.25) is 4.79 Å². The minimum Gasteiger partial charge on any atom is -0.481 e. The van der Waals surface area contributed by atoms with Crippen LogP contribution < -0.4 is 0 Å². The highest BCUT2D eigenvalue weighted by atomic mass is 32.1. The van der Waals surface area contributed by atoms with E-state index in [9.17, 15) is 15.0 Å². The molecule has 106 valence electrons. The molecule has 0 saturated heterocycles. The Morgan fingerprint density at radius 2 is 2.21 bits per heavy atom. The fraction of sp³-hybridized carbons (Fsp3) is 0.714. The van der Waals surface area contributed by atoms with Crippen LogP contribution in [0, 0.1) is 17.3 Å². The van der Waals surface area contributed by atoms with Gasteiger partial charge in [-0.15, -0.1) is 11.3 Å². The van der Waals surface area contributed by atoms with E-state index in [0.717, 1.165) is 11.4 Å². The van der Waals surface area contributed by atoms with E-state index in [1.807, 2.05) is 19.2 Å². The zero-order valence-electron chi connectivity index (χ0n) is 11.6. The van der Waals surface area contributed by atoms with E-state index in [1.54, 1.807) is 13.1 Å². The summed E-state index contributed by atoms with van der Waals surface area (Å²) < 4.78 is 0. The van der Waals surface area contributed by atoms with E-state index >= 15 is 0 Å². The molecule has 1 saturated carbocycles. The molecule has 1 aliphatic carbocycles. The third kappa shape index (κ3) is 2.67. The van der Waals surface area contributed by atoms with Crippen molar-refractivity contribution in [3.8, 4) is 0 Å². The van der Waals surface area contributed by atoms with Crippen LogP contribution in [0.15, 0.2) is 11.6 Å². The van der Waals surface area contributed by atoms with Crippen LogP contribution >= 0.6 is 11.3 Å². The summed E-state index contributed by atoms with van der Waals surface area (Å²) in [5.74, 6) is -0.988. The lowest BCUT2D eigenvalue weighted by molar-refractivity contribution is -0.151. The van der Waals surface area contributed by atoms with Crippen LogP contribution in [0.5, 0.6) is 0 Å². The van der Waals surface area contributed by atoms with E-state index in [2.05, 4.69) is 4.98 Å². The monoisotopic (exact) mass is 283 g/mol. The average Bonchev–Trinajstić information content (AvgIpc) is 2.80. The number of aliphatic hydroxyl groups is 1. The second-order valence-corrected chi connectivity index (χ2v) is 7.24. The first-order valence-corrected chi connectivity index (χ1v) is 7.48. The van der Waals surface area contributed by atoms with Crippen molar-refractivity contribution in [1.29, 1.82) is 0 Å². The minimum atomic E-state index is -0.963. The predicted octanol–water partition coefficient (Wildman–Crippen LogP) is 2.88. The molecule has 2 N–H and O–H groups in total. The summed E-state index contributed by atoms with van der Waals surface area (Å²) in [6, 6.07) is 0.